The van der Waals surface area contributed by atoms with Crippen molar-refractivity contribution in [2.45, 2.75) is 6.42 Å². The van der Waals surface area contributed by atoms with Crippen molar-refractivity contribution in [3.05, 3.63) is 22.4 Å². The average Bonchev–Trinajstić information content (AvgIpc) is 2.52. The van der Waals surface area contributed by atoms with Gasteiger partial charge in [0.1, 0.15) is 0 Å². The molecule has 1 unspecified atom stereocenters. The second-order valence-electron chi connectivity index (χ2n) is 2.62. The largest absolute Gasteiger partial charge is 0.396 e. The van der Waals surface area contributed by atoms with Gasteiger partial charge in [0.2, 0.25) is 0 Å². The number of hydrogen-bond donors (Lipinski definition) is 2. The highest BCUT2D eigenvalue weighted by atomic mass is 32.1. The predicted octanol–water partition coefficient (Wildman–Crippen LogP) is 0.858. The van der Waals surface area contributed by atoms with Gasteiger partial charge in [0.05, 0.1) is 0 Å². The van der Waals surface area contributed by atoms with Gasteiger partial charge in [-0.2, -0.15) is 11.3 Å². The molecule has 62 valence electrons. The Hall–Kier alpha value is -0.380. The molecule has 0 fully saturated rings. The third kappa shape index (κ3) is 2.61. The van der Waals surface area contributed by atoms with Gasteiger partial charge in [-0.25, -0.2) is 0 Å². The van der Waals surface area contributed by atoms with E-state index in [9.17, 15) is 0 Å². The zero-order valence-corrected chi connectivity index (χ0v) is 7.18. The van der Waals surface area contributed by atoms with Crippen LogP contribution in [0.1, 0.15) is 5.56 Å². The van der Waals surface area contributed by atoms with Crippen LogP contribution in [0, 0.1) is 5.92 Å². The highest BCUT2D eigenvalue weighted by molar-refractivity contribution is 7.07. The highest BCUT2D eigenvalue weighted by Crippen LogP contribution is 2.11. The maximum absolute atomic E-state index is 8.85. The normalized spacial score (nSPS) is 13.3. The number of nitrogens with two attached hydrogens (primary N) is 1. The molecule has 0 bridgehead atoms. The molecular weight excluding hydrogens is 158 g/mol. The van der Waals surface area contributed by atoms with Gasteiger partial charge in [-0.1, -0.05) is 0 Å². The van der Waals surface area contributed by atoms with Crippen molar-refractivity contribution in [2.75, 3.05) is 13.2 Å². The molecule has 1 heterocycles. The number of rotatable bonds is 4. The van der Waals surface area contributed by atoms with Crippen molar-refractivity contribution in [3.63, 3.8) is 0 Å². The molecule has 1 aromatic rings. The first kappa shape index (κ1) is 8.71. The summed E-state index contributed by atoms with van der Waals surface area (Å²) in [6.07, 6.45) is 0.899. The zero-order chi connectivity index (χ0) is 8.10. The van der Waals surface area contributed by atoms with Crippen molar-refractivity contribution in [2.24, 2.45) is 11.7 Å². The third-order valence-corrected chi connectivity index (χ3v) is 2.43. The van der Waals surface area contributed by atoms with E-state index in [1.54, 1.807) is 11.3 Å². The van der Waals surface area contributed by atoms with Crippen LogP contribution < -0.4 is 5.73 Å². The molecule has 0 spiro atoms. The van der Waals surface area contributed by atoms with Crippen molar-refractivity contribution < 1.29 is 5.11 Å². The smallest absolute Gasteiger partial charge is 0.0474 e. The van der Waals surface area contributed by atoms with Gasteiger partial charge in [0.15, 0.2) is 0 Å². The first-order chi connectivity index (χ1) is 5.36. The molecule has 2 nitrogen and oxygen atoms in total. The molecule has 0 radical (unpaired) electrons. The highest BCUT2D eigenvalue weighted by Gasteiger charge is 2.05. The van der Waals surface area contributed by atoms with E-state index in [2.05, 4.69) is 11.4 Å². The Morgan fingerprint density at radius 1 is 1.64 bits per heavy atom. The van der Waals surface area contributed by atoms with E-state index >= 15 is 0 Å². The molecule has 3 heteroatoms. The van der Waals surface area contributed by atoms with Gasteiger partial charge in [0, 0.05) is 6.61 Å². The van der Waals surface area contributed by atoms with Gasteiger partial charge in [0.25, 0.3) is 0 Å². The Balaban J connectivity index is 2.41. The fraction of sp³-hybridized carbons (Fsp3) is 0.500. The van der Waals surface area contributed by atoms with Crippen molar-refractivity contribution >= 4 is 11.3 Å². The number of hydrogen-bond acceptors (Lipinski definition) is 3. The SMILES string of the molecule is NCC(CO)Cc1ccsc1. The summed E-state index contributed by atoms with van der Waals surface area (Å²) in [6.45, 7) is 0.749. The summed E-state index contributed by atoms with van der Waals surface area (Å²) in [5, 5.41) is 13.0. The summed E-state index contributed by atoms with van der Waals surface area (Å²) >= 11 is 1.68. The Labute approximate surface area is 70.7 Å². The average molecular weight is 171 g/mol. The van der Waals surface area contributed by atoms with E-state index in [0.717, 1.165) is 6.42 Å². The van der Waals surface area contributed by atoms with Gasteiger partial charge in [-0.05, 0) is 41.3 Å². The van der Waals surface area contributed by atoms with Crippen LogP contribution in [0.3, 0.4) is 0 Å². The summed E-state index contributed by atoms with van der Waals surface area (Å²) in [5.74, 6) is 0.226. The van der Waals surface area contributed by atoms with Crippen LogP contribution in [0.25, 0.3) is 0 Å². The standard InChI is InChI=1S/C8H13NOS/c9-4-8(5-10)3-7-1-2-11-6-7/h1-2,6,8,10H,3-5,9H2. The molecular formula is C8H13NOS. The molecule has 0 aliphatic heterocycles. The van der Waals surface area contributed by atoms with Crippen molar-refractivity contribution in [1.82, 2.24) is 0 Å². The van der Waals surface area contributed by atoms with Gasteiger partial charge in [-0.3, -0.25) is 0 Å². The number of aliphatic hydroxyl groups is 1. The quantitative estimate of drug-likeness (QED) is 0.705. The van der Waals surface area contributed by atoms with Crippen LogP contribution >= 0.6 is 11.3 Å². The van der Waals surface area contributed by atoms with Gasteiger partial charge < -0.3 is 10.8 Å². The zero-order valence-electron chi connectivity index (χ0n) is 6.36. The van der Waals surface area contributed by atoms with Crippen LogP contribution in [0.15, 0.2) is 16.8 Å². The number of aliphatic hydroxyl groups excluding tert-OH is 1. The van der Waals surface area contributed by atoms with Crippen molar-refractivity contribution in [3.8, 4) is 0 Å². The molecule has 1 aromatic heterocycles. The lowest BCUT2D eigenvalue weighted by Gasteiger charge is -2.08. The molecule has 0 amide bonds. The van der Waals surface area contributed by atoms with Crippen LogP contribution in [0.4, 0.5) is 0 Å². The lowest BCUT2D eigenvalue weighted by Crippen LogP contribution is -2.20. The van der Waals surface area contributed by atoms with E-state index < -0.39 is 0 Å². The molecule has 1 rings (SSSR count). The van der Waals surface area contributed by atoms with Crippen LogP contribution in [-0.4, -0.2) is 18.3 Å². The van der Waals surface area contributed by atoms with Gasteiger partial charge >= 0.3 is 0 Å². The maximum atomic E-state index is 8.85. The van der Waals surface area contributed by atoms with Crippen molar-refractivity contribution in [1.29, 1.82) is 0 Å². The second kappa shape index (κ2) is 4.49. The Bertz CT molecular complexity index is 182. The maximum Gasteiger partial charge on any atom is 0.0474 e. The van der Waals surface area contributed by atoms with E-state index in [1.165, 1.54) is 5.56 Å². The Morgan fingerprint density at radius 2 is 2.45 bits per heavy atom. The molecule has 0 saturated carbocycles. The fourth-order valence-corrected chi connectivity index (χ4v) is 1.65. The summed E-state index contributed by atoms with van der Waals surface area (Å²) in [7, 11) is 0. The minimum atomic E-state index is 0.187. The summed E-state index contributed by atoms with van der Waals surface area (Å²) in [4.78, 5) is 0. The minimum Gasteiger partial charge on any atom is -0.396 e. The molecule has 3 N–H and O–H groups in total. The van der Waals surface area contributed by atoms with Gasteiger partial charge in [-0.15, -0.1) is 0 Å². The first-order valence-corrected chi connectivity index (χ1v) is 4.63. The molecule has 1 atom stereocenters. The first-order valence-electron chi connectivity index (χ1n) is 3.68. The van der Waals surface area contributed by atoms with Crippen LogP contribution in [-0.2, 0) is 6.42 Å². The molecule has 0 aliphatic carbocycles. The van der Waals surface area contributed by atoms with E-state index in [4.69, 9.17) is 10.8 Å². The van der Waals surface area contributed by atoms with Crippen LogP contribution in [0.2, 0.25) is 0 Å². The third-order valence-electron chi connectivity index (χ3n) is 1.70. The Morgan fingerprint density at radius 3 is 2.91 bits per heavy atom. The fourth-order valence-electron chi connectivity index (χ4n) is 0.965. The second-order valence-corrected chi connectivity index (χ2v) is 3.40. The lowest BCUT2D eigenvalue weighted by molar-refractivity contribution is 0.230. The lowest BCUT2D eigenvalue weighted by atomic mass is 10.0. The minimum absolute atomic E-state index is 0.187. The van der Waals surface area contributed by atoms with E-state index in [0.29, 0.717) is 6.54 Å². The van der Waals surface area contributed by atoms with Crippen LogP contribution in [0.5, 0.6) is 0 Å². The summed E-state index contributed by atoms with van der Waals surface area (Å²) in [5.41, 5.74) is 6.72. The monoisotopic (exact) mass is 171 g/mol. The predicted molar refractivity (Wildman–Crippen MR) is 47.7 cm³/mol. The molecule has 0 aromatic carbocycles. The topological polar surface area (TPSA) is 46.2 Å². The summed E-state index contributed by atoms with van der Waals surface area (Å²) in [6, 6.07) is 2.07. The number of thiophene rings is 1. The molecule has 0 aliphatic rings. The Kier molecular flexibility index (Phi) is 3.56. The molecule has 11 heavy (non-hydrogen) atoms. The molecule has 0 saturated heterocycles. The van der Waals surface area contributed by atoms with E-state index in [-0.39, 0.29) is 12.5 Å². The van der Waals surface area contributed by atoms with E-state index in [1.807, 2.05) is 5.38 Å². The summed E-state index contributed by atoms with van der Waals surface area (Å²) < 4.78 is 0.